The molecule has 1 aliphatic carbocycles. The van der Waals surface area contributed by atoms with E-state index in [2.05, 4.69) is 20.8 Å². The summed E-state index contributed by atoms with van der Waals surface area (Å²) in [7, 11) is 3.46. The lowest BCUT2D eigenvalue weighted by atomic mass is 9.96. The van der Waals surface area contributed by atoms with E-state index in [0.29, 0.717) is 11.0 Å². The monoisotopic (exact) mass is 403 g/mol. The molecular weight excluding hydrogens is 378 g/mol. The van der Waals surface area contributed by atoms with Gasteiger partial charge in [0, 0.05) is 18.7 Å². The molecule has 2 aromatic rings. The van der Waals surface area contributed by atoms with Crippen LogP contribution < -0.4 is 15.4 Å². The van der Waals surface area contributed by atoms with Gasteiger partial charge in [0.2, 0.25) is 5.91 Å². The molecule has 1 aliphatic rings. The summed E-state index contributed by atoms with van der Waals surface area (Å²) in [4.78, 5) is 24.0. The van der Waals surface area contributed by atoms with E-state index in [-0.39, 0.29) is 17.7 Å². The van der Waals surface area contributed by atoms with Crippen molar-refractivity contribution in [1.82, 2.24) is 25.4 Å². The molecule has 0 radical (unpaired) electrons. The highest BCUT2D eigenvalue weighted by atomic mass is 32.2. The van der Waals surface area contributed by atoms with Gasteiger partial charge in [0.15, 0.2) is 11.0 Å². The number of carbonyl (C=O) groups is 2. The number of nitrogens with one attached hydrogen (secondary N) is 2. The summed E-state index contributed by atoms with van der Waals surface area (Å²) in [6, 6.07) is 7.26. The molecule has 1 fully saturated rings. The number of aromatic nitrogens is 3. The molecule has 0 bridgehead atoms. The highest BCUT2D eigenvalue weighted by Gasteiger charge is 2.18. The van der Waals surface area contributed by atoms with Crippen LogP contribution in [0.2, 0.25) is 0 Å². The normalized spacial score (nSPS) is 14.5. The van der Waals surface area contributed by atoms with Crippen molar-refractivity contribution in [2.45, 2.75) is 43.3 Å². The van der Waals surface area contributed by atoms with Crippen LogP contribution in [0.25, 0.3) is 11.4 Å². The quantitative estimate of drug-likeness (QED) is 0.720. The van der Waals surface area contributed by atoms with Crippen molar-refractivity contribution < 1.29 is 14.3 Å². The smallest absolute Gasteiger partial charge is 0.321 e. The number of carbonyl (C=O) groups excluding carboxylic acids is 2. The van der Waals surface area contributed by atoms with E-state index < -0.39 is 6.03 Å². The summed E-state index contributed by atoms with van der Waals surface area (Å²) >= 11 is 1.24. The second kappa shape index (κ2) is 9.59. The lowest BCUT2D eigenvalue weighted by molar-refractivity contribution is -0.117. The number of amides is 3. The summed E-state index contributed by atoms with van der Waals surface area (Å²) in [6.07, 6.45) is 5.41. The first kappa shape index (κ1) is 20.2. The molecule has 1 heterocycles. The molecule has 0 unspecified atom stereocenters. The minimum absolute atomic E-state index is 0.0900. The standard InChI is InChI=1S/C19H25N5O3S/c1-24-17(13-8-10-15(27-2)11-9-13)22-23-19(24)28-12-16(25)21-18(26)20-14-6-4-3-5-7-14/h8-11,14H,3-7,12H2,1-2H3,(H2,20,21,25,26). The van der Waals surface area contributed by atoms with Crippen LogP contribution in [0.4, 0.5) is 4.79 Å². The maximum Gasteiger partial charge on any atom is 0.321 e. The van der Waals surface area contributed by atoms with Gasteiger partial charge in [-0.15, -0.1) is 10.2 Å². The van der Waals surface area contributed by atoms with E-state index in [1.54, 1.807) is 7.11 Å². The summed E-state index contributed by atoms with van der Waals surface area (Å²) in [6.45, 7) is 0. The van der Waals surface area contributed by atoms with Gasteiger partial charge in [-0.2, -0.15) is 0 Å². The van der Waals surface area contributed by atoms with E-state index in [0.717, 1.165) is 37.0 Å². The lowest BCUT2D eigenvalue weighted by Gasteiger charge is -2.22. The number of benzene rings is 1. The van der Waals surface area contributed by atoms with Crippen LogP contribution in [0.3, 0.4) is 0 Å². The Morgan fingerprint density at radius 2 is 1.89 bits per heavy atom. The van der Waals surface area contributed by atoms with Crippen molar-refractivity contribution >= 4 is 23.7 Å². The van der Waals surface area contributed by atoms with Crippen LogP contribution >= 0.6 is 11.8 Å². The van der Waals surface area contributed by atoms with E-state index in [1.807, 2.05) is 35.9 Å². The fourth-order valence-electron chi connectivity index (χ4n) is 3.19. The lowest BCUT2D eigenvalue weighted by Crippen LogP contribution is -2.45. The van der Waals surface area contributed by atoms with E-state index >= 15 is 0 Å². The zero-order chi connectivity index (χ0) is 19.9. The van der Waals surface area contributed by atoms with Gasteiger partial charge in [-0.3, -0.25) is 10.1 Å². The number of rotatable bonds is 6. The molecule has 0 spiro atoms. The van der Waals surface area contributed by atoms with Crippen molar-refractivity contribution in [2.24, 2.45) is 7.05 Å². The third kappa shape index (κ3) is 5.25. The summed E-state index contributed by atoms with van der Waals surface area (Å²) in [5.41, 5.74) is 0.902. The molecule has 9 heteroatoms. The predicted molar refractivity (Wildman–Crippen MR) is 107 cm³/mol. The fourth-order valence-corrected chi connectivity index (χ4v) is 3.90. The highest BCUT2D eigenvalue weighted by Crippen LogP contribution is 2.24. The molecule has 0 aliphatic heterocycles. The summed E-state index contributed by atoms with van der Waals surface area (Å²) < 4.78 is 6.98. The Hall–Kier alpha value is -2.55. The Bertz CT molecular complexity index is 815. The second-order valence-electron chi connectivity index (χ2n) is 6.74. The molecule has 28 heavy (non-hydrogen) atoms. The molecule has 2 N–H and O–H groups in total. The fraction of sp³-hybridized carbons (Fsp3) is 0.474. The molecule has 150 valence electrons. The Morgan fingerprint density at radius 1 is 1.18 bits per heavy atom. The van der Waals surface area contributed by atoms with Crippen molar-refractivity contribution in [3.05, 3.63) is 24.3 Å². The molecule has 0 saturated heterocycles. The van der Waals surface area contributed by atoms with Gasteiger partial charge in [-0.05, 0) is 37.1 Å². The van der Waals surface area contributed by atoms with Crippen molar-refractivity contribution in [3.8, 4) is 17.1 Å². The molecule has 1 aromatic heterocycles. The molecule has 1 saturated carbocycles. The van der Waals surface area contributed by atoms with Crippen LogP contribution in [0.15, 0.2) is 29.4 Å². The number of imide groups is 1. The molecule has 1 aromatic carbocycles. The minimum Gasteiger partial charge on any atom is -0.497 e. The third-order valence-corrected chi connectivity index (χ3v) is 5.73. The number of hydrogen-bond acceptors (Lipinski definition) is 6. The van der Waals surface area contributed by atoms with Crippen molar-refractivity contribution in [2.75, 3.05) is 12.9 Å². The first-order chi connectivity index (χ1) is 13.6. The van der Waals surface area contributed by atoms with Crippen LogP contribution in [0.5, 0.6) is 5.75 Å². The maximum absolute atomic E-state index is 12.1. The first-order valence-corrected chi connectivity index (χ1v) is 10.3. The minimum atomic E-state index is -0.422. The van der Waals surface area contributed by atoms with Crippen LogP contribution in [0.1, 0.15) is 32.1 Å². The van der Waals surface area contributed by atoms with E-state index in [9.17, 15) is 9.59 Å². The Kier molecular flexibility index (Phi) is 6.91. The number of methoxy groups -OCH3 is 1. The maximum atomic E-state index is 12.1. The summed E-state index contributed by atoms with van der Waals surface area (Å²) in [5.74, 6) is 1.20. The number of nitrogens with zero attached hydrogens (tertiary/aromatic N) is 3. The van der Waals surface area contributed by atoms with Gasteiger partial charge in [0.05, 0.1) is 12.9 Å². The zero-order valence-corrected chi connectivity index (χ0v) is 16.9. The van der Waals surface area contributed by atoms with Crippen molar-refractivity contribution in [1.29, 1.82) is 0 Å². The number of ether oxygens (including phenoxy) is 1. The average molecular weight is 404 g/mol. The highest BCUT2D eigenvalue weighted by molar-refractivity contribution is 7.99. The third-order valence-electron chi connectivity index (χ3n) is 4.71. The Labute approximate surface area is 168 Å². The molecule has 3 amide bonds. The topological polar surface area (TPSA) is 98.1 Å². The Morgan fingerprint density at radius 3 is 2.57 bits per heavy atom. The largest absolute Gasteiger partial charge is 0.497 e. The van der Waals surface area contributed by atoms with Gasteiger partial charge < -0.3 is 14.6 Å². The first-order valence-electron chi connectivity index (χ1n) is 9.34. The molecular formula is C19H25N5O3S. The van der Waals surface area contributed by atoms with Crippen LogP contribution in [-0.2, 0) is 11.8 Å². The number of hydrogen-bond donors (Lipinski definition) is 2. The summed E-state index contributed by atoms with van der Waals surface area (Å²) in [5, 5.41) is 14.2. The van der Waals surface area contributed by atoms with Crippen molar-refractivity contribution in [3.63, 3.8) is 0 Å². The zero-order valence-electron chi connectivity index (χ0n) is 16.1. The predicted octanol–water partition coefficient (Wildman–Crippen LogP) is 2.74. The van der Waals surface area contributed by atoms with Gasteiger partial charge >= 0.3 is 6.03 Å². The van der Waals surface area contributed by atoms with E-state index in [1.165, 1.54) is 18.2 Å². The van der Waals surface area contributed by atoms with Gasteiger partial charge in [0.1, 0.15) is 5.75 Å². The number of thioether (sulfide) groups is 1. The second-order valence-corrected chi connectivity index (χ2v) is 7.68. The SMILES string of the molecule is COc1ccc(-c2nnc(SCC(=O)NC(=O)NC3CCCCC3)n2C)cc1. The van der Waals surface area contributed by atoms with Crippen LogP contribution in [0, 0.1) is 0 Å². The molecule has 0 atom stereocenters. The van der Waals surface area contributed by atoms with Crippen LogP contribution in [-0.4, -0.2) is 45.6 Å². The Balaban J connectivity index is 1.50. The molecule has 8 nitrogen and oxygen atoms in total. The van der Waals surface area contributed by atoms with Gasteiger partial charge in [-0.25, -0.2) is 4.79 Å². The number of urea groups is 1. The molecule has 3 rings (SSSR count). The van der Waals surface area contributed by atoms with Gasteiger partial charge in [0.25, 0.3) is 0 Å². The van der Waals surface area contributed by atoms with Gasteiger partial charge in [-0.1, -0.05) is 31.0 Å². The van der Waals surface area contributed by atoms with E-state index in [4.69, 9.17) is 4.74 Å². The average Bonchev–Trinajstić information content (AvgIpc) is 3.07.